The third-order valence-electron chi connectivity index (χ3n) is 4.68. The van der Waals surface area contributed by atoms with Crippen LogP contribution in [0.2, 0.25) is 0 Å². The standard InChI is InChI=1S/C16H24O3/c1-16(2)9-18-15(19-10-16)12-7-11-5-3-4-6-14(17)13(11)8-12/h11,13H,3-10H2,1-2H3/t11-,13+/m0/s1. The van der Waals surface area contributed by atoms with Crippen molar-refractivity contribution in [3.63, 3.8) is 0 Å². The van der Waals surface area contributed by atoms with E-state index >= 15 is 0 Å². The van der Waals surface area contributed by atoms with Crippen LogP contribution in [-0.2, 0) is 14.3 Å². The molecule has 0 amide bonds. The molecule has 2 aliphatic carbocycles. The highest BCUT2D eigenvalue weighted by Crippen LogP contribution is 2.44. The van der Waals surface area contributed by atoms with Crippen LogP contribution in [-0.4, -0.2) is 19.0 Å². The van der Waals surface area contributed by atoms with Gasteiger partial charge in [-0.1, -0.05) is 20.3 Å². The van der Waals surface area contributed by atoms with Crippen molar-refractivity contribution in [3.8, 4) is 0 Å². The molecule has 0 unspecified atom stereocenters. The Morgan fingerprint density at radius 3 is 2.58 bits per heavy atom. The largest absolute Gasteiger partial charge is 0.465 e. The Balaban J connectivity index is 1.73. The molecule has 0 aromatic heterocycles. The first-order chi connectivity index (χ1) is 9.05. The third kappa shape index (κ3) is 2.65. The molecule has 0 aromatic rings. The lowest BCUT2D eigenvalue weighted by Gasteiger charge is -2.32. The van der Waals surface area contributed by atoms with Crippen molar-refractivity contribution in [2.75, 3.05) is 13.2 Å². The van der Waals surface area contributed by atoms with Gasteiger partial charge in [0, 0.05) is 23.3 Å². The molecule has 19 heavy (non-hydrogen) atoms. The summed E-state index contributed by atoms with van der Waals surface area (Å²) >= 11 is 0. The number of hydrogen-bond donors (Lipinski definition) is 0. The Hall–Kier alpha value is -0.990. The lowest BCUT2D eigenvalue weighted by atomic mass is 9.91. The number of Topliss-reactive ketones (excluding diaryl/α,β-unsaturated/α-hetero) is 1. The van der Waals surface area contributed by atoms with Crippen molar-refractivity contribution >= 4 is 5.78 Å². The van der Waals surface area contributed by atoms with Crippen molar-refractivity contribution in [2.45, 2.75) is 52.4 Å². The molecule has 0 aromatic carbocycles. The summed E-state index contributed by atoms with van der Waals surface area (Å²) in [4.78, 5) is 12.1. The van der Waals surface area contributed by atoms with Crippen LogP contribution in [0.1, 0.15) is 52.4 Å². The van der Waals surface area contributed by atoms with E-state index in [9.17, 15) is 4.79 Å². The molecule has 3 rings (SSSR count). The molecule has 1 heterocycles. The average Bonchev–Trinajstić information content (AvgIpc) is 2.71. The minimum absolute atomic E-state index is 0.0999. The van der Waals surface area contributed by atoms with E-state index in [2.05, 4.69) is 13.8 Å². The zero-order valence-corrected chi connectivity index (χ0v) is 12.0. The molecule has 106 valence electrons. The van der Waals surface area contributed by atoms with E-state index in [0.29, 0.717) is 11.7 Å². The summed E-state index contributed by atoms with van der Waals surface area (Å²) in [6.45, 7) is 5.73. The van der Waals surface area contributed by atoms with Crippen LogP contribution >= 0.6 is 0 Å². The topological polar surface area (TPSA) is 35.5 Å². The SMILES string of the molecule is CC1(C)COC(=C2C[C@@H]3CCCCC(=O)[C@@H]3C2)OC1. The van der Waals surface area contributed by atoms with E-state index in [4.69, 9.17) is 9.47 Å². The molecule has 0 bridgehead atoms. The molecule has 0 N–H and O–H groups in total. The van der Waals surface area contributed by atoms with E-state index in [1.54, 1.807) is 0 Å². The maximum absolute atomic E-state index is 12.1. The van der Waals surface area contributed by atoms with Crippen molar-refractivity contribution in [2.24, 2.45) is 17.3 Å². The smallest absolute Gasteiger partial charge is 0.278 e. The van der Waals surface area contributed by atoms with Gasteiger partial charge >= 0.3 is 0 Å². The number of fused-ring (bicyclic) bond motifs is 1. The van der Waals surface area contributed by atoms with Crippen molar-refractivity contribution in [3.05, 3.63) is 11.5 Å². The molecule has 3 fully saturated rings. The van der Waals surface area contributed by atoms with Crippen LogP contribution in [0, 0.1) is 17.3 Å². The molecule has 3 heteroatoms. The van der Waals surface area contributed by atoms with Gasteiger partial charge in [0.2, 0.25) is 0 Å². The highest BCUT2D eigenvalue weighted by molar-refractivity contribution is 5.82. The average molecular weight is 264 g/mol. The van der Waals surface area contributed by atoms with E-state index in [-0.39, 0.29) is 11.3 Å². The van der Waals surface area contributed by atoms with Gasteiger partial charge < -0.3 is 9.47 Å². The monoisotopic (exact) mass is 264 g/mol. The van der Waals surface area contributed by atoms with Crippen LogP contribution in [0.5, 0.6) is 0 Å². The predicted octanol–water partition coefficient (Wildman–Crippen LogP) is 3.44. The lowest BCUT2D eigenvalue weighted by Crippen LogP contribution is -2.31. The van der Waals surface area contributed by atoms with Crippen LogP contribution in [0.25, 0.3) is 0 Å². The number of allylic oxidation sites excluding steroid dienone is 1. The zero-order valence-electron chi connectivity index (χ0n) is 12.0. The van der Waals surface area contributed by atoms with Crippen LogP contribution in [0.4, 0.5) is 0 Å². The Bertz CT molecular complexity index is 396. The number of carbonyl (C=O) groups excluding carboxylic acids is 1. The Morgan fingerprint density at radius 2 is 1.84 bits per heavy atom. The summed E-state index contributed by atoms with van der Waals surface area (Å²) in [6, 6.07) is 0. The number of rotatable bonds is 0. The van der Waals surface area contributed by atoms with E-state index in [1.165, 1.54) is 18.4 Å². The van der Waals surface area contributed by atoms with Gasteiger partial charge in [0.05, 0.1) is 13.2 Å². The summed E-state index contributed by atoms with van der Waals surface area (Å²) in [5, 5.41) is 0. The van der Waals surface area contributed by atoms with E-state index in [1.807, 2.05) is 0 Å². The lowest BCUT2D eigenvalue weighted by molar-refractivity contribution is -0.123. The van der Waals surface area contributed by atoms with Gasteiger partial charge in [-0.05, 0) is 31.6 Å². The number of ether oxygens (including phenoxy) is 2. The third-order valence-corrected chi connectivity index (χ3v) is 4.68. The minimum atomic E-state index is 0.0999. The maximum atomic E-state index is 12.1. The van der Waals surface area contributed by atoms with Gasteiger partial charge in [-0.2, -0.15) is 0 Å². The second kappa shape index (κ2) is 4.84. The van der Waals surface area contributed by atoms with Gasteiger partial charge in [-0.15, -0.1) is 0 Å². The quantitative estimate of drug-likeness (QED) is 0.672. The number of carbonyl (C=O) groups is 1. The summed E-state index contributed by atoms with van der Waals surface area (Å²) in [6.07, 6.45) is 6.13. The Kier molecular flexibility index (Phi) is 3.32. The zero-order chi connectivity index (χ0) is 13.5. The summed E-state index contributed by atoms with van der Waals surface area (Å²) in [5.74, 6) is 1.99. The van der Waals surface area contributed by atoms with Crippen molar-refractivity contribution < 1.29 is 14.3 Å². The van der Waals surface area contributed by atoms with Crippen molar-refractivity contribution in [1.82, 2.24) is 0 Å². The molecule has 0 radical (unpaired) electrons. The molecule has 3 aliphatic rings. The second-order valence-corrected chi connectivity index (χ2v) is 7.12. The van der Waals surface area contributed by atoms with Crippen LogP contribution in [0.3, 0.4) is 0 Å². The Labute approximate surface area is 115 Å². The fourth-order valence-corrected chi connectivity index (χ4v) is 3.52. The fraction of sp³-hybridized carbons (Fsp3) is 0.812. The van der Waals surface area contributed by atoms with E-state index < -0.39 is 0 Å². The normalized spacial score (nSPS) is 34.3. The van der Waals surface area contributed by atoms with E-state index in [0.717, 1.165) is 44.8 Å². The predicted molar refractivity (Wildman–Crippen MR) is 72.4 cm³/mol. The molecule has 2 saturated carbocycles. The molecule has 1 aliphatic heterocycles. The highest BCUT2D eigenvalue weighted by atomic mass is 16.7. The van der Waals surface area contributed by atoms with Gasteiger partial charge in [0.15, 0.2) is 0 Å². The van der Waals surface area contributed by atoms with Gasteiger partial charge in [0.1, 0.15) is 5.78 Å². The first-order valence-electron chi connectivity index (χ1n) is 7.55. The Morgan fingerprint density at radius 1 is 1.11 bits per heavy atom. The second-order valence-electron chi connectivity index (χ2n) is 7.12. The molecular weight excluding hydrogens is 240 g/mol. The highest BCUT2D eigenvalue weighted by Gasteiger charge is 2.39. The van der Waals surface area contributed by atoms with Crippen molar-refractivity contribution in [1.29, 1.82) is 0 Å². The molecule has 1 saturated heterocycles. The van der Waals surface area contributed by atoms with Crippen LogP contribution < -0.4 is 0 Å². The summed E-state index contributed by atoms with van der Waals surface area (Å²) < 4.78 is 11.6. The summed E-state index contributed by atoms with van der Waals surface area (Å²) in [7, 11) is 0. The van der Waals surface area contributed by atoms with Gasteiger partial charge in [-0.25, -0.2) is 0 Å². The van der Waals surface area contributed by atoms with Gasteiger partial charge in [0.25, 0.3) is 5.95 Å². The molecule has 3 nitrogen and oxygen atoms in total. The maximum Gasteiger partial charge on any atom is 0.278 e. The van der Waals surface area contributed by atoms with Crippen LogP contribution in [0.15, 0.2) is 11.5 Å². The number of hydrogen-bond acceptors (Lipinski definition) is 3. The molecular formula is C16H24O3. The minimum Gasteiger partial charge on any atom is -0.465 e. The fourth-order valence-electron chi connectivity index (χ4n) is 3.52. The molecule has 0 spiro atoms. The van der Waals surface area contributed by atoms with Gasteiger partial charge in [-0.3, -0.25) is 4.79 Å². The number of ketones is 1. The summed E-state index contributed by atoms with van der Waals surface area (Å²) in [5.41, 5.74) is 1.35. The molecule has 2 atom stereocenters. The first kappa shape index (κ1) is 13.0. The first-order valence-corrected chi connectivity index (χ1v) is 7.55.